The third kappa shape index (κ3) is 74.3. The molecule has 0 unspecified atom stereocenters. The van der Waals surface area contributed by atoms with Gasteiger partial charge in [-0.05, 0) is 0 Å². The van der Waals surface area contributed by atoms with Crippen molar-refractivity contribution < 1.29 is 48.5 Å². The second-order valence-electron chi connectivity index (χ2n) is 0.253. The Balaban J connectivity index is -0.0000000450. The summed E-state index contributed by atoms with van der Waals surface area (Å²) < 4.78 is 8.70. The van der Waals surface area contributed by atoms with Gasteiger partial charge in [0.05, 0.1) is 0 Å². The second kappa shape index (κ2) is 9.41. The molecule has 0 aliphatic carbocycles. The normalized spacial score (nSPS) is 4.33. The van der Waals surface area contributed by atoms with Crippen LogP contribution in [-0.4, -0.2) is 9.79 Å². The van der Waals surface area contributed by atoms with E-state index in [4.69, 9.17) is 14.4 Å². The zero-order chi connectivity index (χ0) is 3.58. The van der Waals surface area contributed by atoms with Crippen molar-refractivity contribution in [3.05, 3.63) is 0 Å². The fourth-order valence-corrected chi connectivity index (χ4v) is 0. The van der Waals surface area contributed by atoms with Crippen LogP contribution in [0.4, 0.5) is 0 Å². The summed E-state index contributed by atoms with van der Waals surface area (Å²) in [6, 6.07) is 0. The molecule has 0 aromatic heterocycles. The van der Waals surface area contributed by atoms with E-state index in [1.807, 2.05) is 0 Å². The van der Waals surface area contributed by atoms with Crippen LogP contribution in [0.15, 0.2) is 0 Å². The van der Waals surface area contributed by atoms with Crippen LogP contribution in [0.2, 0.25) is 0 Å². The Morgan fingerprint density at radius 3 is 1.17 bits per heavy atom. The molecule has 0 bridgehead atoms. The van der Waals surface area contributed by atoms with Gasteiger partial charge in [-0.2, -0.15) is 0 Å². The molecule has 0 heterocycles. The Hall–Kier alpha value is 1.06. The maximum atomic E-state index is 8.70. The number of hydrogen-bond donors (Lipinski definition) is 2. The molecule has 0 aromatic carbocycles. The van der Waals surface area contributed by atoms with Crippen molar-refractivity contribution >= 4 is 8.25 Å². The molecule has 6 heavy (non-hydrogen) atoms. The molecule has 0 saturated carbocycles. The quantitative estimate of drug-likeness (QED) is 0.421. The monoisotopic (exact) mass is 207 g/mol. The van der Waals surface area contributed by atoms with Gasteiger partial charge in [0.15, 0.2) is 0 Å². The number of rotatable bonds is 0. The SMILES string of the molecule is O=[P+](O)O.[Cu].[Cu]. The van der Waals surface area contributed by atoms with Crippen LogP contribution >= 0.6 is 8.25 Å². The summed E-state index contributed by atoms with van der Waals surface area (Å²) in [5.41, 5.74) is 0. The van der Waals surface area contributed by atoms with Gasteiger partial charge in [-0.15, -0.1) is 9.79 Å². The largest absolute Gasteiger partial charge is 0.692 e. The van der Waals surface area contributed by atoms with Crippen molar-refractivity contribution in [2.75, 3.05) is 0 Å². The van der Waals surface area contributed by atoms with E-state index in [0.717, 1.165) is 0 Å². The average Bonchev–Trinajstić information content (AvgIpc) is 0.811. The first-order valence-corrected chi connectivity index (χ1v) is 1.75. The summed E-state index contributed by atoms with van der Waals surface area (Å²) in [4.78, 5) is 14.2. The summed E-state index contributed by atoms with van der Waals surface area (Å²) in [7, 11) is -2.87. The standard InChI is InChI=1S/2Cu.HO3P/c;;1-4(2)3/h;;(H-,1,2,3)/p+1. The molecule has 0 aromatic rings. The molecule has 0 amide bonds. The Morgan fingerprint density at radius 2 is 1.17 bits per heavy atom. The summed E-state index contributed by atoms with van der Waals surface area (Å²) >= 11 is 0. The fraction of sp³-hybridized carbons (Fsp3) is 0. The Morgan fingerprint density at radius 1 is 1.17 bits per heavy atom. The van der Waals surface area contributed by atoms with E-state index in [1.54, 1.807) is 0 Å². The fourth-order valence-electron chi connectivity index (χ4n) is 0. The third-order valence-electron chi connectivity index (χ3n) is 0. The molecule has 0 rings (SSSR count). The van der Waals surface area contributed by atoms with Gasteiger partial charge in [0, 0.05) is 38.7 Å². The van der Waals surface area contributed by atoms with Crippen LogP contribution in [0, 0.1) is 0 Å². The number of hydrogen-bond acceptors (Lipinski definition) is 1. The molecule has 2 radical (unpaired) electrons. The van der Waals surface area contributed by atoms with Gasteiger partial charge in [0.2, 0.25) is 0 Å². The van der Waals surface area contributed by atoms with Crippen molar-refractivity contribution in [3.8, 4) is 0 Å². The van der Waals surface area contributed by atoms with Gasteiger partial charge in [-0.1, -0.05) is 0 Å². The maximum Gasteiger partial charge on any atom is 0.692 e. The van der Waals surface area contributed by atoms with Crippen LogP contribution in [0.1, 0.15) is 0 Å². The van der Waals surface area contributed by atoms with E-state index in [1.165, 1.54) is 0 Å². The van der Waals surface area contributed by atoms with Crippen molar-refractivity contribution in [2.24, 2.45) is 0 Å². The van der Waals surface area contributed by atoms with Gasteiger partial charge in [0.1, 0.15) is 0 Å². The van der Waals surface area contributed by atoms with Crippen molar-refractivity contribution in [3.63, 3.8) is 0 Å². The zero-order valence-electron chi connectivity index (χ0n) is 2.35. The average molecular weight is 208 g/mol. The van der Waals surface area contributed by atoms with E-state index >= 15 is 0 Å². The zero-order valence-corrected chi connectivity index (χ0v) is 5.13. The van der Waals surface area contributed by atoms with E-state index in [0.29, 0.717) is 0 Å². The van der Waals surface area contributed by atoms with Crippen LogP contribution in [0.25, 0.3) is 0 Å². The van der Waals surface area contributed by atoms with Crippen LogP contribution in [0.3, 0.4) is 0 Å². The maximum absolute atomic E-state index is 8.70. The molecule has 0 aliphatic heterocycles. The van der Waals surface area contributed by atoms with E-state index < -0.39 is 8.25 Å². The van der Waals surface area contributed by atoms with Gasteiger partial charge >= 0.3 is 8.25 Å². The predicted octanol–water partition coefficient (Wildman–Crippen LogP) is -0.377. The van der Waals surface area contributed by atoms with Gasteiger partial charge in [-0.25, -0.2) is 0 Å². The summed E-state index contributed by atoms with van der Waals surface area (Å²) in [6.45, 7) is 0. The smallest absolute Gasteiger partial charge is 0.134 e. The van der Waals surface area contributed by atoms with E-state index in [-0.39, 0.29) is 34.1 Å². The van der Waals surface area contributed by atoms with Crippen LogP contribution in [0.5, 0.6) is 0 Å². The Labute approximate surface area is 57.0 Å². The molecule has 3 nitrogen and oxygen atoms in total. The Kier molecular flexibility index (Phi) is 24.7. The molecule has 0 saturated heterocycles. The molecule has 6 heteroatoms. The van der Waals surface area contributed by atoms with Gasteiger partial charge < -0.3 is 0 Å². The molecular formula is H2Cu2O3P+. The molecule has 46 valence electrons. The van der Waals surface area contributed by atoms with Crippen molar-refractivity contribution in [2.45, 2.75) is 0 Å². The first kappa shape index (κ1) is 15.7. The molecule has 0 atom stereocenters. The minimum Gasteiger partial charge on any atom is -0.134 e. The van der Waals surface area contributed by atoms with Crippen molar-refractivity contribution in [1.82, 2.24) is 0 Å². The molecule has 0 spiro atoms. The third-order valence-corrected chi connectivity index (χ3v) is 0. The van der Waals surface area contributed by atoms with Gasteiger partial charge in [0.25, 0.3) is 0 Å². The summed E-state index contributed by atoms with van der Waals surface area (Å²) in [6.07, 6.45) is 0. The minimum atomic E-state index is -2.87. The summed E-state index contributed by atoms with van der Waals surface area (Å²) in [5, 5.41) is 0. The molecule has 0 aliphatic rings. The van der Waals surface area contributed by atoms with Crippen LogP contribution in [-0.2, 0) is 38.7 Å². The minimum absolute atomic E-state index is 0. The van der Waals surface area contributed by atoms with Crippen molar-refractivity contribution in [1.29, 1.82) is 0 Å². The summed E-state index contributed by atoms with van der Waals surface area (Å²) in [5.74, 6) is 0. The molecular weight excluding hydrogens is 206 g/mol. The molecule has 0 fully saturated rings. The molecule has 2 N–H and O–H groups in total. The predicted molar refractivity (Wildman–Crippen MR) is 12.0 cm³/mol. The first-order chi connectivity index (χ1) is 1.73. The van der Waals surface area contributed by atoms with E-state index in [9.17, 15) is 0 Å². The van der Waals surface area contributed by atoms with Crippen LogP contribution < -0.4 is 0 Å². The Bertz CT molecular complexity index is 31.8. The van der Waals surface area contributed by atoms with Gasteiger partial charge in [-0.3, -0.25) is 0 Å². The topological polar surface area (TPSA) is 57.5 Å². The second-order valence-corrected chi connectivity index (χ2v) is 0.758. The first-order valence-electron chi connectivity index (χ1n) is 0.583. The van der Waals surface area contributed by atoms with E-state index in [2.05, 4.69) is 0 Å².